The highest BCUT2D eigenvalue weighted by molar-refractivity contribution is 7.98. The van der Waals surface area contributed by atoms with Crippen LogP contribution in [0.1, 0.15) is 5.56 Å². The van der Waals surface area contributed by atoms with Gasteiger partial charge >= 0.3 is 0 Å². The average Bonchev–Trinajstić information content (AvgIpc) is 2.39. The van der Waals surface area contributed by atoms with E-state index in [9.17, 15) is 4.79 Å². The van der Waals surface area contributed by atoms with Crippen LogP contribution in [0, 0.1) is 6.92 Å². The maximum Gasteiger partial charge on any atom is 0.248 e. The van der Waals surface area contributed by atoms with Gasteiger partial charge in [0.25, 0.3) is 0 Å². The van der Waals surface area contributed by atoms with E-state index >= 15 is 0 Å². The number of nitrogens with two attached hydrogens (primary N) is 1. The summed E-state index contributed by atoms with van der Waals surface area (Å²) in [6, 6.07) is 5.87. The molecule has 100 valence electrons. The minimum Gasteiger partial charge on any atom is -0.484 e. The molecule has 0 aromatic heterocycles. The smallest absolute Gasteiger partial charge is 0.248 e. The van der Waals surface area contributed by atoms with Gasteiger partial charge in [0.05, 0.1) is 12.1 Å². The number of carbonyl (C=O) groups excluding carboxylic acids is 1. The molecule has 0 bridgehead atoms. The molecule has 0 radical (unpaired) electrons. The van der Waals surface area contributed by atoms with E-state index < -0.39 is 12.0 Å². The van der Waals surface area contributed by atoms with Crippen LogP contribution in [0.5, 0.6) is 5.75 Å². The first-order valence-corrected chi connectivity index (χ1v) is 7.15. The number of thioether (sulfide) groups is 1. The van der Waals surface area contributed by atoms with Crippen LogP contribution in [0.25, 0.3) is 0 Å². The fraction of sp³-hybridized carbons (Fsp3) is 0.286. The predicted molar refractivity (Wildman–Crippen MR) is 78.0 cm³/mol. The molecule has 0 spiro atoms. The second-order valence-electron chi connectivity index (χ2n) is 4.24. The number of dihydropyridines is 1. The SMILES string of the molecule is CSc1ccc(OC2CN=CC=C2C(N)=O)cc1C. The van der Waals surface area contributed by atoms with Crippen molar-refractivity contribution in [3.63, 3.8) is 0 Å². The Bertz CT molecular complexity index is 552. The zero-order chi connectivity index (χ0) is 13.8. The number of hydrogen-bond donors (Lipinski definition) is 1. The molecule has 4 nitrogen and oxygen atoms in total. The number of hydrogen-bond acceptors (Lipinski definition) is 4. The Balaban J connectivity index is 2.17. The number of rotatable bonds is 4. The number of benzene rings is 1. The summed E-state index contributed by atoms with van der Waals surface area (Å²) in [5, 5.41) is 0. The van der Waals surface area contributed by atoms with Crippen molar-refractivity contribution in [2.24, 2.45) is 10.7 Å². The minimum atomic E-state index is -0.464. The van der Waals surface area contributed by atoms with Crippen molar-refractivity contribution in [2.45, 2.75) is 17.9 Å². The summed E-state index contributed by atoms with van der Waals surface area (Å²) in [5.41, 5.74) is 6.94. The monoisotopic (exact) mass is 276 g/mol. The first-order valence-electron chi connectivity index (χ1n) is 5.93. The highest BCUT2D eigenvalue weighted by Gasteiger charge is 2.22. The van der Waals surface area contributed by atoms with Crippen molar-refractivity contribution in [1.29, 1.82) is 0 Å². The number of aryl methyl sites for hydroxylation is 1. The fourth-order valence-corrected chi connectivity index (χ4v) is 2.51. The molecule has 2 N–H and O–H groups in total. The summed E-state index contributed by atoms with van der Waals surface area (Å²) >= 11 is 1.69. The summed E-state index contributed by atoms with van der Waals surface area (Å²) in [4.78, 5) is 16.6. The largest absolute Gasteiger partial charge is 0.484 e. The Hall–Kier alpha value is -1.75. The van der Waals surface area contributed by atoms with Gasteiger partial charge in [-0.15, -0.1) is 11.8 Å². The lowest BCUT2D eigenvalue weighted by Gasteiger charge is -2.21. The number of primary amides is 1. The molecule has 0 aliphatic carbocycles. The molecular weight excluding hydrogens is 260 g/mol. The molecule has 5 heteroatoms. The predicted octanol–water partition coefficient (Wildman–Crippen LogP) is 1.96. The summed E-state index contributed by atoms with van der Waals surface area (Å²) < 4.78 is 5.82. The van der Waals surface area contributed by atoms with E-state index in [1.807, 2.05) is 31.4 Å². The number of ether oxygens (including phenoxy) is 1. The third kappa shape index (κ3) is 3.17. The molecule has 1 aliphatic heterocycles. The first-order chi connectivity index (χ1) is 9.11. The van der Waals surface area contributed by atoms with Crippen molar-refractivity contribution in [2.75, 3.05) is 12.8 Å². The van der Waals surface area contributed by atoms with E-state index in [0.29, 0.717) is 12.1 Å². The van der Waals surface area contributed by atoms with Crippen LogP contribution < -0.4 is 10.5 Å². The summed E-state index contributed by atoms with van der Waals surface area (Å²) in [5.74, 6) is 0.262. The van der Waals surface area contributed by atoms with Crippen molar-refractivity contribution < 1.29 is 9.53 Å². The molecular formula is C14H16N2O2S. The second-order valence-corrected chi connectivity index (χ2v) is 5.09. The van der Waals surface area contributed by atoms with E-state index in [4.69, 9.17) is 10.5 Å². The van der Waals surface area contributed by atoms with E-state index in [1.165, 1.54) is 4.90 Å². The quantitative estimate of drug-likeness (QED) is 0.855. The molecule has 1 aliphatic rings. The Labute approximate surface area is 116 Å². The molecule has 0 fully saturated rings. The van der Waals surface area contributed by atoms with Crippen LogP contribution in [-0.2, 0) is 4.79 Å². The van der Waals surface area contributed by atoms with Crippen LogP contribution in [0.4, 0.5) is 0 Å². The van der Waals surface area contributed by atoms with Gasteiger partial charge in [-0.3, -0.25) is 9.79 Å². The van der Waals surface area contributed by atoms with Gasteiger partial charge < -0.3 is 10.5 Å². The van der Waals surface area contributed by atoms with Gasteiger partial charge in [-0.25, -0.2) is 0 Å². The summed E-state index contributed by atoms with van der Waals surface area (Å²) in [6.07, 6.45) is 4.83. The van der Waals surface area contributed by atoms with Gasteiger partial charge in [-0.1, -0.05) is 0 Å². The van der Waals surface area contributed by atoms with Crippen LogP contribution in [0.2, 0.25) is 0 Å². The average molecular weight is 276 g/mol. The zero-order valence-corrected chi connectivity index (χ0v) is 11.7. The highest BCUT2D eigenvalue weighted by atomic mass is 32.2. The van der Waals surface area contributed by atoms with Gasteiger partial charge in [0, 0.05) is 11.1 Å². The highest BCUT2D eigenvalue weighted by Crippen LogP contribution is 2.26. The Kier molecular flexibility index (Phi) is 4.27. The topological polar surface area (TPSA) is 64.7 Å². The lowest BCUT2D eigenvalue weighted by molar-refractivity contribution is -0.115. The van der Waals surface area contributed by atoms with Crippen LogP contribution in [0.3, 0.4) is 0 Å². The maximum absolute atomic E-state index is 11.3. The third-order valence-electron chi connectivity index (χ3n) is 2.91. The molecule has 1 unspecified atom stereocenters. The van der Waals surface area contributed by atoms with Gasteiger partial charge in [0.2, 0.25) is 5.91 Å². The van der Waals surface area contributed by atoms with Crippen molar-refractivity contribution in [3.05, 3.63) is 35.4 Å². The van der Waals surface area contributed by atoms with E-state index in [0.717, 1.165) is 11.3 Å². The lowest BCUT2D eigenvalue weighted by atomic mass is 10.1. The minimum absolute atomic E-state index is 0.401. The second kappa shape index (κ2) is 5.93. The lowest BCUT2D eigenvalue weighted by Crippen LogP contribution is -2.33. The van der Waals surface area contributed by atoms with Crippen LogP contribution in [-0.4, -0.2) is 31.0 Å². The summed E-state index contributed by atoms with van der Waals surface area (Å²) in [7, 11) is 0. The Morgan fingerprint density at radius 2 is 2.32 bits per heavy atom. The molecule has 0 saturated heterocycles. The Morgan fingerprint density at radius 3 is 2.95 bits per heavy atom. The normalized spacial score (nSPS) is 18.0. The number of nitrogens with zero attached hydrogens (tertiary/aromatic N) is 1. The van der Waals surface area contributed by atoms with Gasteiger partial charge in [-0.05, 0) is 43.0 Å². The fourth-order valence-electron chi connectivity index (χ4n) is 1.93. The third-order valence-corrected chi connectivity index (χ3v) is 3.80. The molecule has 1 aromatic carbocycles. The maximum atomic E-state index is 11.3. The molecule has 19 heavy (non-hydrogen) atoms. The molecule has 1 aromatic rings. The van der Waals surface area contributed by atoms with Crippen LogP contribution >= 0.6 is 11.8 Å². The zero-order valence-electron chi connectivity index (χ0n) is 10.9. The van der Waals surface area contributed by atoms with Crippen LogP contribution in [0.15, 0.2) is 39.7 Å². The van der Waals surface area contributed by atoms with Gasteiger partial charge in [-0.2, -0.15) is 0 Å². The molecule has 2 rings (SSSR count). The number of aliphatic imine (C=N–C) groups is 1. The van der Waals surface area contributed by atoms with E-state index in [2.05, 4.69) is 4.99 Å². The van der Waals surface area contributed by atoms with E-state index in [-0.39, 0.29) is 0 Å². The molecule has 1 heterocycles. The number of amides is 1. The number of allylic oxidation sites excluding steroid dienone is 1. The van der Waals surface area contributed by atoms with Gasteiger partial charge in [0.15, 0.2) is 0 Å². The molecule has 1 atom stereocenters. The van der Waals surface area contributed by atoms with E-state index in [1.54, 1.807) is 24.1 Å². The standard InChI is InChI=1S/C14H16N2O2S/c1-9-7-10(3-4-13(9)19-2)18-12-8-16-6-5-11(12)14(15)17/h3-7,12H,8H2,1-2H3,(H2,15,17). The molecule has 1 amide bonds. The summed E-state index contributed by atoms with van der Waals surface area (Å²) in [6.45, 7) is 2.45. The van der Waals surface area contributed by atoms with Gasteiger partial charge in [0.1, 0.15) is 11.9 Å². The Morgan fingerprint density at radius 1 is 1.53 bits per heavy atom. The first kappa shape index (κ1) is 13.7. The van der Waals surface area contributed by atoms with Crippen molar-refractivity contribution in [1.82, 2.24) is 0 Å². The number of carbonyl (C=O) groups is 1. The van der Waals surface area contributed by atoms with Crippen molar-refractivity contribution >= 4 is 23.9 Å². The molecule has 0 saturated carbocycles. The van der Waals surface area contributed by atoms with Crippen molar-refractivity contribution in [3.8, 4) is 5.75 Å².